The standard InChI is InChI=1S/C32H38N8O4S2/c1-32(2,34-15-22(42)17-41)19-33-31(44)35-26-18-46-28-14-23(45-3)12-13-27(28)40(30(26)43)16-20-8-10-21(11-9-20)24-6-4-5-7-25(24)29-36-38-39-37-29/h4-14,22,26,34,41-42H,15-19H2,1-3H3,(H2,33,35,44)(H,36,37,38,39)/t22-,26+/m0/s1. The number of urea groups is 1. The number of aliphatic hydroxyl groups is 2. The molecule has 1 aromatic heterocycles. The molecule has 1 aliphatic rings. The number of amides is 3. The molecule has 0 unspecified atom stereocenters. The summed E-state index contributed by atoms with van der Waals surface area (Å²) in [5, 5.41) is 42.0. The molecule has 1 aliphatic heterocycles. The van der Waals surface area contributed by atoms with Crippen LogP contribution in [0.25, 0.3) is 22.5 Å². The number of hydrogen-bond acceptors (Lipinski definition) is 10. The Bertz CT molecular complexity index is 1640. The summed E-state index contributed by atoms with van der Waals surface area (Å²) in [6.07, 6.45) is 1.12. The highest BCUT2D eigenvalue weighted by atomic mass is 32.2. The minimum absolute atomic E-state index is 0.183. The van der Waals surface area contributed by atoms with Crippen molar-refractivity contribution >= 4 is 41.1 Å². The predicted octanol–water partition coefficient (Wildman–Crippen LogP) is 3.28. The van der Waals surface area contributed by atoms with Crippen molar-refractivity contribution < 1.29 is 19.8 Å². The van der Waals surface area contributed by atoms with Crippen molar-refractivity contribution in [3.8, 4) is 22.5 Å². The molecule has 0 bridgehead atoms. The van der Waals surface area contributed by atoms with E-state index in [0.29, 0.717) is 18.1 Å². The quantitative estimate of drug-likeness (QED) is 0.124. The number of β-amino-alcohol motifs (C(OH)–C–C–N with tert-alkyl or cyclic N) is 1. The van der Waals surface area contributed by atoms with Gasteiger partial charge in [-0.15, -0.1) is 33.7 Å². The van der Waals surface area contributed by atoms with Crippen LogP contribution in [0, 0.1) is 0 Å². The number of fused-ring (bicyclic) bond motifs is 1. The van der Waals surface area contributed by atoms with Crippen molar-refractivity contribution in [2.45, 2.75) is 47.9 Å². The topological polar surface area (TPSA) is 168 Å². The summed E-state index contributed by atoms with van der Waals surface area (Å²) in [4.78, 5) is 30.9. The van der Waals surface area contributed by atoms with E-state index in [2.05, 4.69) is 42.6 Å². The number of carbonyl (C=O) groups is 2. The van der Waals surface area contributed by atoms with Gasteiger partial charge in [0.25, 0.3) is 5.91 Å². The first-order valence-corrected chi connectivity index (χ1v) is 17.0. The SMILES string of the molecule is CSc1ccc2c(c1)SC[C@@H](NC(=O)NCC(C)(C)NC[C@H](O)CO)C(=O)N2Cc1ccc(-c2ccccc2-c2nn[nH]n2)cc1. The molecule has 0 saturated carbocycles. The monoisotopic (exact) mass is 662 g/mol. The Kier molecular flexibility index (Phi) is 11.0. The van der Waals surface area contributed by atoms with Gasteiger partial charge in [-0.2, -0.15) is 5.21 Å². The highest BCUT2D eigenvalue weighted by Crippen LogP contribution is 2.38. The summed E-state index contributed by atoms with van der Waals surface area (Å²) in [7, 11) is 0. The Morgan fingerprint density at radius 3 is 2.61 bits per heavy atom. The van der Waals surface area contributed by atoms with Crippen molar-refractivity contribution in [2.75, 3.05) is 36.6 Å². The summed E-state index contributed by atoms with van der Waals surface area (Å²) in [6.45, 7) is 4.15. The molecule has 0 fully saturated rings. The first kappa shape index (κ1) is 33.4. The van der Waals surface area contributed by atoms with Crippen molar-refractivity contribution in [2.24, 2.45) is 0 Å². The van der Waals surface area contributed by atoms with Gasteiger partial charge in [0.1, 0.15) is 6.04 Å². The Morgan fingerprint density at radius 1 is 1.15 bits per heavy atom. The molecular formula is C32H38N8O4S2. The van der Waals surface area contributed by atoms with Crippen LogP contribution in [-0.4, -0.2) is 92.2 Å². The lowest BCUT2D eigenvalue weighted by Crippen LogP contribution is -2.56. The van der Waals surface area contributed by atoms with E-state index in [1.54, 1.807) is 28.4 Å². The van der Waals surface area contributed by atoms with Crippen molar-refractivity contribution in [3.63, 3.8) is 0 Å². The third-order valence-corrected chi connectivity index (χ3v) is 9.43. The van der Waals surface area contributed by atoms with E-state index in [4.69, 9.17) is 5.11 Å². The number of aromatic nitrogens is 4. The van der Waals surface area contributed by atoms with Gasteiger partial charge >= 0.3 is 6.03 Å². The van der Waals surface area contributed by atoms with Gasteiger partial charge in [-0.3, -0.25) is 4.79 Å². The van der Waals surface area contributed by atoms with Crippen LogP contribution in [0.3, 0.4) is 0 Å². The molecule has 2 heterocycles. The third-order valence-electron chi connectivity index (χ3n) is 7.57. The van der Waals surface area contributed by atoms with Crippen LogP contribution in [0.15, 0.2) is 76.5 Å². The fourth-order valence-corrected chi connectivity index (χ4v) is 6.61. The minimum atomic E-state index is -0.892. The number of hydrogen-bond donors (Lipinski definition) is 6. The number of aromatic amines is 1. The van der Waals surface area contributed by atoms with Crippen molar-refractivity contribution in [3.05, 3.63) is 72.3 Å². The summed E-state index contributed by atoms with van der Waals surface area (Å²) < 4.78 is 0. The fraction of sp³-hybridized carbons (Fsp3) is 0.344. The van der Waals surface area contributed by atoms with E-state index in [1.165, 1.54) is 0 Å². The number of nitrogens with zero attached hydrogens (tertiary/aromatic N) is 4. The second-order valence-corrected chi connectivity index (χ2v) is 13.5. The van der Waals surface area contributed by atoms with Gasteiger partial charge in [0.15, 0.2) is 0 Å². The number of thioether (sulfide) groups is 2. The Hall–Kier alpha value is -3.95. The second kappa shape index (κ2) is 15.1. The normalized spacial score (nSPS) is 15.6. The zero-order valence-electron chi connectivity index (χ0n) is 25.9. The van der Waals surface area contributed by atoms with E-state index < -0.39 is 23.7 Å². The molecule has 6 N–H and O–H groups in total. The number of carbonyl (C=O) groups excluding carboxylic acids is 2. The van der Waals surface area contributed by atoms with Crippen LogP contribution in [-0.2, 0) is 11.3 Å². The highest BCUT2D eigenvalue weighted by molar-refractivity contribution is 8.00. The Balaban J connectivity index is 1.33. The minimum Gasteiger partial charge on any atom is -0.394 e. The lowest BCUT2D eigenvalue weighted by atomic mass is 9.98. The predicted molar refractivity (Wildman–Crippen MR) is 181 cm³/mol. The maximum atomic E-state index is 14.1. The van der Waals surface area contributed by atoms with Gasteiger partial charge in [-0.25, -0.2) is 4.79 Å². The van der Waals surface area contributed by atoms with E-state index >= 15 is 0 Å². The number of anilines is 1. The lowest BCUT2D eigenvalue weighted by molar-refractivity contribution is -0.120. The van der Waals surface area contributed by atoms with Crippen LogP contribution >= 0.6 is 23.5 Å². The third kappa shape index (κ3) is 8.25. The molecule has 0 saturated heterocycles. The summed E-state index contributed by atoms with van der Waals surface area (Å²) >= 11 is 3.18. The Labute approximate surface area is 276 Å². The van der Waals surface area contributed by atoms with E-state index in [-0.39, 0.29) is 25.6 Å². The largest absolute Gasteiger partial charge is 0.394 e. The number of aliphatic hydroxyl groups excluding tert-OH is 2. The van der Waals surface area contributed by atoms with Gasteiger partial charge in [0, 0.05) is 39.7 Å². The molecule has 242 valence electrons. The first-order chi connectivity index (χ1) is 22.2. The summed E-state index contributed by atoms with van der Waals surface area (Å²) in [5.74, 6) is 0.689. The first-order valence-electron chi connectivity index (χ1n) is 14.8. The van der Waals surface area contributed by atoms with Gasteiger partial charge in [-0.05, 0) is 60.2 Å². The maximum Gasteiger partial charge on any atom is 0.315 e. The van der Waals surface area contributed by atoms with Crippen molar-refractivity contribution in [1.82, 2.24) is 36.6 Å². The number of tetrazole rings is 1. The van der Waals surface area contributed by atoms with Gasteiger partial charge in [0.05, 0.1) is 24.9 Å². The molecule has 4 aromatic rings. The molecule has 3 amide bonds. The van der Waals surface area contributed by atoms with Gasteiger partial charge in [0.2, 0.25) is 5.82 Å². The van der Waals surface area contributed by atoms with Crippen LogP contribution in [0.1, 0.15) is 19.4 Å². The molecule has 14 heteroatoms. The molecule has 0 spiro atoms. The summed E-state index contributed by atoms with van der Waals surface area (Å²) in [5.41, 5.74) is 3.98. The van der Waals surface area contributed by atoms with Crippen LogP contribution in [0.2, 0.25) is 0 Å². The molecule has 46 heavy (non-hydrogen) atoms. The van der Waals surface area contributed by atoms with Crippen LogP contribution in [0.4, 0.5) is 10.5 Å². The van der Waals surface area contributed by atoms with Gasteiger partial charge < -0.3 is 31.1 Å². The highest BCUT2D eigenvalue weighted by Gasteiger charge is 2.32. The molecule has 0 aliphatic carbocycles. The van der Waals surface area contributed by atoms with E-state index in [0.717, 1.165) is 37.7 Å². The zero-order valence-corrected chi connectivity index (χ0v) is 27.5. The van der Waals surface area contributed by atoms with E-state index in [1.807, 2.05) is 80.8 Å². The van der Waals surface area contributed by atoms with E-state index in [9.17, 15) is 14.7 Å². The molecule has 12 nitrogen and oxygen atoms in total. The van der Waals surface area contributed by atoms with Crippen molar-refractivity contribution in [1.29, 1.82) is 0 Å². The molecule has 5 rings (SSSR count). The maximum absolute atomic E-state index is 14.1. The number of H-pyrrole nitrogens is 1. The lowest BCUT2D eigenvalue weighted by Gasteiger charge is -2.29. The molecule has 0 radical (unpaired) electrons. The average molecular weight is 663 g/mol. The van der Waals surface area contributed by atoms with Crippen LogP contribution in [0.5, 0.6) is 0 Å². The number of benzene rings is 3. The smallest absolute Gasteiger partial charge is 0.315 e. The number of nitrogens with one attached hydrogen (secondary N) is 4. The molecule has 3 aromatic carbocycles. The Morgan fingerprint density at radius 2 is 1.91 bits per heavy atom. The molecule has 2 atom stereocenters. The van der Waals surface area contributed by atoms with Gasteiger partial charge in [-0.1, -0.05) is 48.5 Å². The zero-order chi connectivity index (χ0) is 32.7. The fourth-order valence-electron chi connectivity index (χ4n) is 4.99. The second-order valence-electron chi connectivity index (χ2n) is 11.5. The summed E-state index contributed by atoms with van der Waals surface area (Å²) in [6, 6.07) is 20.7. The number of rotatable bonds is 12. The average Bonchev–Trinajstić information content (AvgIpc) is 3.58. The molecular weight excluding hydrogens is 625 g/mol. The van der Waals surface area contributed by atoms with Crippen LogP contribution < -0.4 is 20.9 Å².